The number of benzene rings is 1. The molecule has 0 N–H and O–H groups in total. The highest BCUT2D eigenvalue weighted by Crippen LogP contribution is 2.26. The Morgan fingerprint density at radius 1 is 1.46 bits per heavy atom. The van der Waals surface area contributed by atoms with Crippen molar-refractivity contribution in [3.05, 3.63) is 35.3 Å². The summed E-state index contributed by atoms with van der Waals surface area (Å²) in [5.41, 5.74) is 1.61. The van der Waals surface area contributed by atoms with Crippen LogP contribution >= 0.6 is 11.6 Å². The number of hydrogen-bond donors (Lipinski definition) is 0. The summed E-state index contributed by atoms with van der Waals surface area (Å²) in [5, 5.41) is 0.802. The van der Waals surface area contributed by atoms with Crippen LogP contribution in [0.4, 0.5) is 4.39 Å². The van der Waals surface area contributed by atoms with Crippen molar-refractivity contribution in [3.8, 4) is 0 Å². The van der Waals surface area contributed by atoms with Gasteiger partial charge in [-0.1, -0.05) is 0 Å². The van der Waals surface area contributed by atoms with Crippen molar-refractivity contribution in [2.45, 2.75) is 12.8 Å². The minimum Gasteiger partial charge on any atom is -0.460 e. The summed E-state index contributed by atoms with van der Waals surface area (Å²) in [4.78, 5) is 0. The Hall–Kier alpha value is -1.02. The smallest absolute Gasteiger partial charge is 0.134 e. The first kappa shape index (κ1) is 8.57. The monoisotopic (exact) mass is 198 g/mol. The third-order valence-electron chi connectivity index (χ3n) is 2.12. The lowest BCUT2D eigenvalue weighted by Crippen LogP contribution is -1.76. The van der Waals surface area contributed by atoms with Gasteiger partial charge in [-0.15, -0.1) is 11.6 Å². The van der Waals surface area contributed by atoms with E-state index in [4.69, 9.17) is 16.0 Å². The van der Waals surface area contributed by atoms with Gasteiger partial charge in [0.2, 0.25) is 0 Å². The van der Waals surface area contributed by atoms with Crippen molar-refractivity contribution in [2.24, 2.45) is 0 Å². The molecule has 0 unspecified atom stereocenters. The lowest BCUT2D eigenvalue weighted by Gasteiger charge is -1.89. The van der Waals surface area contributed by atoms with Gasteiger partial charge in [-0.05, 0) is 30.7 Å². The van der Waals surface area contributed by atoms with Gasteiger partial charge in [0.25, 0.3) is 0 Å². The van der Waals surface area contributed by atoms with E-state index in [1.807, 2.05) is 6.92 Å². The first-order chi connectivity index (χ1) is 6.22. The summed E-state index contributed by atoms with van der Waals surface area (Å²) in [7, 11) is 0. The molecule has 1 aromatic heterocycles. The second-order valence-electron chi connectivity index (χ2n) is 2.92. The highest BCUT2D eigenvalue weighted by Gasteiger charge is 2.09. The van der Waals surface area contributed by atoms with Crippen LogP contribution < -0.4 is 0 Å². The number of aryl methyl sites for hydroxylation is 1. The van der Waals surface area contributed by atoms with E-state index in [2.05, 4.69) is 0 Å². The molecule has 1 nitrogen and oxygen atoms in total. The van der Waals surface area contributed by atoms with Gasteiger partial charge in [0, 0.05) is 5.39 Å². The van der Waals surface area contributed by atoms with Crippen molar-refractivity contribution >= 4 is 22.6 Å². The van der Waals surface area contributed by atoms with Crippen LogP contribution in [0.15, 0.2) is 22.6 Å². The van der Waals surface area contributed by atoms with Crippen LogP contribution in [0.25, 0.3) is 11.0 Å². The van der Waals surface area contributed by atoms with E-state index in [9.17, 15) is 4.39 Å². The van der Waals surface area contributed by atoms with Gasteiger partial charge >= 0.3 is 0 Å². The van der Waals surface area contributed by atoms with Gasteiger partial charge < -0.3 is 4.42 Å². The summed E-state index contributed by atoms with van der Waals surface area (Å²) in [6.45, 7) is 1.88. The normalized spacial score (nSPS) is 11.0. The second kappa shape index (κ2) is 3.04. The number of rotatable bonds is 1. The average Bonchev–Trinajstić information content (AvgIpc) is 2.44. The maximum atomic E-state index is 12.9. The zero-order valence-corrected chi connectivity index (χ0v) is 7.86. The van der Waals surface area contributed by atoms with Crippen LogP contribution in [0.2, 0.25) is 0 Å². The maximum absolute atomic E-state index is 12.9. The number of hydrogen-bond acceptors (Lipinski definition) is 1. The summed E-state index contributed by atoms with van der Waals surface area (Å²) >= 11 is 5.66. The van der Waals surface area contributed by atoms with E-state index in [1.54, 1.807) is 6.07 Å². The minimum absolute atomic E-state index is 0.252. The third-order valence-corrected chi connectivity index (χ3v) is 2.36. The van der Waals surface area contributed by atoms with Crippen LogP contribution in [0, 0.1) is 12.7 Å². The van der Waals surface area contributed by atoms with E-state index in [0.717, 1.165) is 10.9 Å². The highest BCUT2D eigenvalue weighted by molar-refractivity contribution is 6.17. The molecule has 0 spiro atoms. The van der Waals surface area contributed by atoms with Crippen LogP contribution in [0.3, 0.4) is 0 Å². The second-order valence-corrected chi connectivity index (χ2v) is 3.19. The maximum Gasteiger partial charge on any atom is 0.134 e. The largest absolute Gasteiger partial charge is 0.460 e. The quantitative estimate of drug-likeness (QED) is 0.638. The van der Waals surface area contributed by atoms with Crippen LogP contribution in [-0.2, 0) is 5.88 Å². The lowest BCUT2D eigenvalue weighted by molar-refractivity contribution is 0.568. The van der Waals surface area contributed by atoms with E-state index < -0.39 is 0 Å². The number of fused-ring (bicyclic) bond motifs is 1. The summed E-state index contributed by atoms with van der Waals surface area (Å²) in [6.07, 6.45) is 0. The first-order valence-corrected chi connectivity index (χ1v) is 4.49. The fourth-order valence-corrected chi connectivity index (χ4v) is 1.63. The van der Waals surface area contributed by atoms with Crippen LogP contribution in [-0.4, -0.2) is 0 Å². The molecule has 0 aliphatic rings. The van der Waals surface area contributed by atoms with E-state index in [0.29, 0.717) is 17.2 Å². The molecule has 2 aromatic rings. The Kier molecular flexibility index (Phi) is 2.00. The SMILES string of the molecule is Cc1c(CCl)oc2ccc(F)cc12. The number of halogens is 2. The predicted octanol–water partition coefficient (Wildman–Crippen LogP) is 3.62. The molecular weight excluding hydrogens is 191 g/mol. The van der Waals surface area contributed by atoms with Crippen molar-refractivity contribution in [2.75, 3.05) is 0 Å². The minimum atomic E-state index is -0.252. The molecule has 0 atom stereocenters. The molecule has 3 heteroatoms. The molecule has 2 rings (SSSR count). The van der Waals surface area contributed by atoms with Gasteiger partial charge in [0.15, 0.2) is 0 Å². The highest BCUT2D eigenvalue weighted by atomic mass is 35.5. The van der Waals surface area contributed by atoms with E-state index in [-0.39, 0.29) is 5.82 Å². The van der Waals surface area contributed by atoms with Gasteiger partial charge in [-0.3, -0.25) is 0 Å². The molecule has 1 heterocycles. The molecule has 1 aromatic carbocycles. The molecule has 0 fully saturated rings. The summed E-state index contributed by atoms with van der Waals surface area (Å²) in [5.74, 6) is 0.780. The molecular formula is C10H8ClFO. The zero-order valence-electron chi connectivity index (χ0n) is 7.10. The van der Waals surface area contributed by atoms with E-state index in [1.165, 1.54) is 12.1 Å². The Morgan fingerprint density at radius 2 is 2.23 bits per heavy atom. The third kappa shape index (κ3) is 1.31. The predicted molar refractivity (Wildman–Crippen MR) is 50.5 cm³/mol. The fraction of sp³-hybridized carbons (Fsp3) is 0.200. The van der Waals surface area contributed by atoms with Crippen LogP contribution in [0.5, 0.6) is 0 Å². The Labute approximate surface area is 80.1 Å². The van der Waals surface area contributed by atoms with Gasteiger partial charge in [-0.2, -0.15) is 0 Å². The Balaban J connectivity index is 2.77. The molecule has 0 aliphatic carbocycles. The van der Waals surface area contributed by atoms with Gasteiger partial charge in [0.1, 0.15) is 17.2 Å². The molecule has 68 valence electrons. The van der Waals surface area contributed by atoms with Crippen molar-refractivity contribution < 1.29 is 8.81 Å². The molecule has 0 amide bonds. The standard InChI is InChI=1S/C10H8ClFO/c1-6-8-4-7(12)2-3-9(8)13-10(6)5-11/h2-4H,5H2,1H3. The van der Waals surface area contributed by atoms with Gasteiger partial charge in [-0.25, -0.2) is 4.39 Å². The molecule has 0 bridgehead atoms. The van der Waals surface area contributed by atoms with Crippen molar-refractivity contribution in [3.63, 3.8) is 0 Å². The summed E-state index contributed by atoms with van der Waals surface area (Å²) in [6, 6.07) is 4.46. The molecule has 0 saturated heterocycles. The van der Waals surface area contributed by atoms with Crippen molar-refractivity contribution in [1.29, 1.82) is 0 Å². The molecule has 0 saturated carbocycles. The van der Waals surface area contributed by atoms with Gasteiger partial charge in [0.05, 0.1) is 5.88 Å². The Bertz CT molecular complexity index is 447. The average molecular weight is 199 g/mol. The summed E-state index contributed by atoms with van der Waals surface area (Å²) < 4.78 is 18.3. The molecule has 13 heavy (non-hydrogen) atoms. The van der Waals surface area contributed by atoms with Crippen molar-refractivity contribution in [1.82, 2.24) is 0 Å². The number of alkyl halides is 1. The topological polar surface area (TPSA) is 13.1 Å². The van der Waals surface area contributed by atoms with E-state index >= 15 is 0 Å². The molecule has 0 radical (unpaired) electrons. The van der Waals surface area contributed by atoms with Crippen LogP contribution in [0.1, 0.15) is 11.3 Å². The lowest BCUT2D eigenvalue weighted by atomic mass is 10.1. The Morgan fingerprint density at radius 3 is 2.92 bits per heavy atom. The fourth-order valence-electron chi connectivity index (χ4n) is 1.37. The number of furan rings is 1. The zero-order chi connectivity index (χ0) is 9.42. The first-order valence-electron chi connectivity index (χ1n) is 3.96. The molecule has 0 aliphatic heterocycles.